The van der Waals surface area contributed by atoms with E-state index in [2.05, 4.69) is 5.32 Å². The lowest BCUT2D eigenvalue weighted by molar-refractivity contribution is -0.141. The van der Waals surface area contributed by atoms with Gasteiger partial charge < -0.3 is 16.2 Å². The quantitative estimate of drug-likeness (QED) is 0.743. The number of carboxylic acid groups (broad SMARTS) is 1. The second kappa shape index (κ2) is 5.48. The number of anilines is 1. The molecule has 4 N–H and O–H groups in total. The summed E-state index contributed by atoms with van der Waals surface area (Å²) in [5.41, 5.74) is 4.99. The van der Waals surface area contributed by atoms with Gasteiger partial charge in [-0.05, 0) is 30.4 Å². The van der Waals surface area contributed by atoms with Crippen molar-refractivity contribution >= 4 is 17.6 Å². The van der Waals surface area contributed by atoms with Crippen LogP contribution in [0.25, 0.3) is 0 Å². The number of carboxylic acids is 1. The second-order valence-electron chi connectivity index (χ2n) is 5.30. The van der Waals surface area contributed by atoms with Gasteiger partial charge in [0.15, 0.2) is 0 Å². The van der Waals surface area contributed by atoms with Crippen molar-refractivity contribution in [3.05, 3.63) is 29.6 Å². The molecule has 1 aromatic rings. The van der Waals surface area contributed by atoms with Crippen molar-refractivity contribution in [1.82, 2.24) is 0 Å². The molecule has 1 aromatic carbocycles. The predicted molar refractivity (Wildman–Crippen MR) is 71.9 cm³/mol. The van der Waals surface area contributed by atoms with Crippen molar-refractivity contribution in [2.75, 3.05) is 11.9 Å². The maximum absolute atomic E-state index is 13.6. The lowest BCUT2D eigenvalue weighted by Gasteiger charge is -2.41. The number of carbonyl (C=O) groups is 2. The van der Waals surface area contributed by atoms with Crippen LogP contribution in [0.4, 0.5) is 10.1 Å². The van der Waals surface area contributed by atoms with E-state index >= 15 is 0 Å². The lowest BCUT2D eigenvalue weighted by Crippen LogP contribution is -2.39. The Balaban J connectivity index is 2.13. The van der Waals surface area contributed by atoms with E-state index in [1.54, 1.807) is 6.07 Å². The minimum atomic E-state index is -0.846. The van der Waals surface area contributed by atoms with Gasteiger partial charge in [-0.15, -0.1) is 0 Å². The summed E-state index contributed by atoms with van der Waals surface area (Å²) in [6, 6.07) is 4.21. The summed E-state index contributed by atoms with van der Waals surface area (Å²) in [6.45, 7) is 0.392. The Morgan fingerprint density at radius 3 is 2.60 bits per heavy atom. The fourth-order valence-corrected chi connectivity index (χ4v) is 2.62. The number of nitrogens with two attached hydrogens (primary N) is 1. The topological polar surface area (TPSA) is 92.4 Å². The summed E-state index contributed by atoms with van der Waals surface area (Å²) in [5, 5.41) is 11.9. The predicted octanol–water partition coefficient (Wildman–Crippen LogP) is 1.98. The third kappa shape index (κ3) is 2.89. The second-order valence-corrected chi connectivity index (χ2v) is 5.30. The van der Waals surface area contributed by atoms with Crippen LogP contribution in [0.2, 0.25) is 0 Å². The Morgan fingerprint density at radius 2 is 2.10 bits per heavy atom. The number of aliphatic carboxylic acids is 1. The Bertz CT molecular complexity index is 541. The number of benzene rings is 1. The van der Waals surface area contributed by atoms with Gasteiger partial charge in [0.05, 0.1) is 12.0 Å². The molecule has 0 heterocycles. The van der Waals surface area contributed by atoms with Crippen LogP contribution in [-0.2, 0) is 4.79 Å². The smallest absolute Gasteiger partial charge is 0.303 e. The molecule has 0 radical (unpaired) electrons. The van der Waals surface area contributed by atoms with E-state index in [4.69, 9.17) is 10.8 Å². The zero-order valence-corrected chi connectivity index (χ0v) is 11.0. The molecule has 0 atom stereocenters. The van der Waals surface area contributed by atoms with E-state index in [-0.39, 0.29) is 17.4 Å². The molecule has 6 heteroatoms. The van der Waals surface area contributed by atoms with E-state index in [9.17, 15) is 14.0 Å². The Labute approximate surface area is 116 Å². The molecule has 0 spiro atoms. The standard InChI is InChI=1S/C14H17FN2O3/c15-9-3-1-4-10(12(9)13(16)20)17-8-14(5-2-6-14)7-11(18)19/h1,3-4,17H,2,5-8H2,(H2,16,20)(H,18,19). The summed E-state index contributed by atoms with van der Waals surface area (Å²) >= 11 is 0. The first kappa shape index (κ1) is 14.3. The molecule has 1 aliphatic rings. The van der Waals surface area contributed by atoms with Gasteiger partial charge in [-0.1, -0.05) is 12.5 Å². The molecule has 0 saturated heterocycles. The number of primary amides is 1. The van der Waals surface area contributed by atoms with Gasteiger partial charge in [-0.2, -0.15) is 0 Å². The van der Waals surface area contributed by atoms with E-state index in [1.807, 2.05) is 0 Å². The van der Waals surface area contributed by atoms with Crippen molar-refractivity contribution in [3.63, 3.8) is 0 Å². The summed E-state index contributed by atoms with van der Waals surface area (Å²) in [5.74, 6) is -2.37. The van der Waals surface area contributed by atoms with Crippen LogP contribution in [0.5, 0.6) is 0 Å². The van der Waals surface area contributed by atoms with Crippen LogP contribution in [0, 0.1) is 11.2 Å². The first-order valence-corrected chi connectivity index (χ1v) is 6.47. The van der Waals surface area contributed by atoms with Crippen LogP contribution >= 0.6 is 0 Å². The summed E-state index contributed by atoms with van der Waals surface area (Å²) in [4.78, 5) is 22.2. The van der Waals surface area contributed by atoms with Crippen LogP contribution in [0.15, 0.2) is 18.2 Å². The molecular weight excluding hydrogens is 263 g/mol. The minimum absolute atomic E-state index is 0.0707. The lowest BCUT2D eigenvalue weighted by atomic mass is 9.66. The molecule has 0 bridgehead atoms. The molecule has 1 aliphatic carbocycles. The average molecular weight is 280 g/mol. The molecule has 20 heavy (non-hydrogen) atoms. The number of nitrogens with one attached hydrogen (secondary N) is 1. The van der Waals surface area contributed by atoms with Crippen LogP contribution in [0.3, 0.4) is 0 Å². The first-order valence-electron chi connectivity index (χ1n) is 6.47. The van der Waals surface area contributed by atoms with Crippen LogP contribution in [0.1, 0.15) is 36.0 Å². The van der Waals surface area contributed by atoms with Gasteiger partial charge in [-0.3, -0.25) is 9.59 Å². The van der Waals surface area contributed by atoms with Crippen molar-refractivity contribution in [2.24, 2.45) is 11.1 Å². The van der Waals surface area contributed by atoms with Crippen LogP contribution < -0.4 is 11.1 Å². The van der Waals surface area contributed by atoms with E-state index in [0.29, 0.717) is 12.2 Å². The van der Waals surface area contributed by atoms with Crippen molar-refractivity contribution in [3.8, 4) is 0 Å². The molecule has 0 aromatic heterocycles. The SMILES string of the molecule is NC(=O)c1c(F)cccc1NCC1(CC(=O)O)CCC1. The maximum atomic E-state index is 13.6. The number of hydrogen-bond donors (Lipinski definition) is 3. The molecule has 1 saturated carbocycles. The highest BCUT2D eigenvalue weighted by Gasteiger charge is 2.39. The highest BCUT2D eigenvalue weighted by Crippen LogP contribution is 2.44. The van der Waals surface area contributed by atoms with Crippen molar-refractivity contribution < 1.29 is 19.1 Å². The van der Waals surface area contributed by atoms with Gasteiger partial charge in [-0.25, -0.2) is 4.39 Å². The monoisotopic (exact) mass is 280 g/mol. The van der Waals surface area contributed by atoms with Crippen LogP contribution in [-0.4, -0.2) is 23.5 Å². The highest BCUT2D eigenvalue weighted by atomic mass is 19.1. The highest BCUT2D eigenvalue weighted by molar-refractivity contribution is 5.98. The number of rotatable bonds is 6. The molecule has 1 amide bonds. The Morgan fingerprint density at radius 1 is 1.40 bits per heavy atom. The first-order chi connectivity index (χ1) is 9.43. The van der Waals surface area contributed by atoms with Gasteiger partial charge in [0.25, 0.3) is 5.91 Å². The third-order valence-corrected chi connectivity index (χ3v) is 3.85. The maximum Gasteiger partial charge on any atom is 0.303 e. The number of halogens is 1. The molecule has 108 valence electrons. The molecule has 5 nitrogen and oxygen atoms in total. The third-order valence-electron chi connectivity index (χ3n) is 3.85. The zero-order valence-electron chi connectivity index (χ0n) is 11.0. The van der Waals surface area contributed by atoms with Gasteiger partial charge in [0.1, 0.15) is 5.82 Å². The normalized spacial score (nSPS) is 16.2. The summed E-state index contributed by atoms with van der Waals surface area (Å²) in [7, 11) is 0. The summed E-state index contributed by atoms with van der Waals surface area (Å²) < 4.78 is 13.6. The molecule has 0 unspecified atom stereocenters. The Hall–Kier alpha value is -2.11. The number of amides is 1. The van der Waals surface area contributed by atoms with E-state index in [1.165, 1.54) is 12.1 Å². The fraction of sp³-hybridized carbons (Fsp3) is 0.429. The van der Waals surface area contributed by atoms with E-state index < -0.39 is 17.7 Å². The molecule has 1 fully saturated rings. The van der Waals surface area contributed by atoms with Gasteiger partial charge in [0, 0.05) is 12.2 Å². The summed E-state index contributed by atoms with van der Waals surface area (Å²) in [6.07, 6.45) is 2.68. The fourth-order valence-electron chi connectivity index (χ4n) is 2.62. The zero-order chi connectivity index (χ0) is 14.8. The number of carbonyl (C=O) groups excluding carboxylic acids is 1. The molecule has 0 aliphatic heterocycles. The average Bonchev–Trinajstić information content (AvgIpc) is 2.31. The largest absolute Gasteiger partial charge is 0.481 e. The van der Waals surface area contributed by atoms with E-state index in [0.717, 1.165) is 19.3 Å². The molecule has 2 rings (SSSR count). The molecular formula is C14H17FN2O3. The number of hydrogen-bond acceptors (Lipinski definition) is 3. The van der Waals surface area contributed by atoms with Crippen molar-refractivity contribution in [1.29, 1.82) is 0 Å². The van der Waals surface area contributed by atoms with Crippen molar-refractivity contribution in [2.45, 2.75) is 25.7 Å². The van der Waals surface area contributed by atoms with Gasteiger partial charge in [0.2, 0.25) is 0 Å². The minimum Gasteiger partial charge on any atom is -0.481 e. The van der Waals surface area contributed by atoms with Gasteiger partial charge >= 0.3 is 5.97 Å². The Kier molecular flexibility index (Phi) is 3.92.